The van der Waals surface area contributed by atoms with E-state index in [1.165, 1.54) is 0 Å². The molecule has 17 heavy (non-hydrogen) atoms. The third kappa shape index (κ3) is 3.20. The topological polar surface area (TPSA) is 43.2 Å². The molecule has 2 heterocycles. The highest BCUT2D eigenvalue weighted by molar-refractivity contribution is 5.82. The molecule has 0 spiro atoms. The van der Waals surface area contributed by atoms with Crippen molar-refractivity contribution in [3.63, 3.8) is 0 Å². The lowest BCUT2D eigenvalue weighted by Gasteiger charge is -2.12. The molecule has 3 atom stereocenters. The summed E-state index contributed by atoms with van der Waals surface area (Å²) in [6, 6.07) is 0.375. The van der Waals surface area contributed by atoms with Gasteiger partial charge in [0.15, 0.2) is 11.8 Å². The van der Waals surface area contributed by atoms with Crippen LogP contribution in [0, 0.1) is 5.92 Å². The minimum atomic E-state index is 0.247. The van der Waals surface area contributed by atoms with Crippen LogP contribution in [0.25, 0.3) is 0 Å². The Hall–Kier alpha value is -1.06. The molecule has 0 aromatic heterocycles. The van der Waals surface area contributed by atoms with E-state index >= 15 is 0 Å². The fourth-order valence-electron chi connectivity index (χ4n) is 2.05. The summed E-state index contributed by atoms with van der Waals surface area (Å²) < 4.78 is 11.2. The third-order valence-electron chi connectivity index (χ3n) is 3.28. The minimum Gasteiger partial charge on any atom is -0.479 e. The van der Waals surface area contributed by atoms with Crippen LogP contribution in [0.3, 0.4) is 0 Å². The Morgan fingerprint density at radius 3 is 2.88 bits per heavy atom. The summed E-state index contributed by atoms with van der Waals surface area (Å²) in [7, 11) is 0. The molecular weight excluding hydrogens is 216 g/mol. The van der Waals surface area contributed by atoms with Crippen molar-refractivity contribution < 1.29 is 9.47 Å². The van der Waals surface area contributed by atoms with E-state index in [1.54, 1.807) is 0 Å². The Morgan fingerprint density at radius 1 is 1.47 bits per heavy atom. The second kappa shape index (κ2) is 5.52. The maximum absolute atomic E-state index is 5.65. The summed E-state index contributed by atoms with van der Waals surface area (Å²) in [5.41, 5.74) is 0. The highest BCUT2D eigenvalue weighted by Gasteiger charge is 2.23. The van der Waals surface area contributed by atoms with Gasteiger partial charge in [-0.3, -0.25) is 4.99 Å². The molecule has 3 unspecified atom stereocenters. The summed E-state index contributed by atoms with van der Waals surface area (Å²) >= 11 is 0. The zero-order valence-corrected chi connectivity index (χ0v) is 11.0. The van der Waals surface area contributed by atoms with E-state index in [4.69, 9.17) is 9.47 Å². The van der Waals surface area contributed by atoms with E-state index in [-0.39, 0.29) is 6.10 Å². The maximum atomic E-state index is 5.65. The predicted octanol–water partition coefficient (Wildman–Crippen LogP) is 2.43. The Morgan fingerprint density at radius 2 is 2.29 bits per heavy atom. The second-order valence-electron chi connectivity index (χ2n) is 4.94. The number of ether oxygens (including phenoxy) is 2. The molecule has 96 valence electrons. The molecule has 4 heteroatoms. The van der Waals surface area contributed by atoms with E-state index in [0.29, 0.717) is 12.0 Å². The lowest BCUT2D eigenvalue weighted by Crippen LogP contribution is -2.16. The summed E-state index contributed by atoms with van der Waals surface area (Å²) in [4.78, 5) is 8.94. The maximum Gasteiger partial charge on any atom is 0.186 e. The van der Waals surface area contributed by atoms with Crippen molar-refractivity contribution >= 4 is 11.8 Å². The fraction of sp³-hybridized carbons (Fsp3) is 0.846. The van der Waals surface area contributed by atoms with Crippen LogP contribution in [0.1, 0.15) is 40.0 Å². The van der Waals surface area contributed by atoms with Crippen LogP contribution < -0.4 is 0 Å². The summed E-state index contributed by atoms with van der Waals surface area (Å²) in [6.07, 6.45) is 3.21. The van der Waals surface area contributed by atoms with E-state index in [0.717, 1.165) is 44.2 Å². The zero-order chi connectivity index (χ0) is 12.3. The average molecular weight is 238 g/mol. The van der Waals surface area contributed by atoms with Crippen LogP contribution in [0.5, 0.6) is 0 Å². The largest absolute Gasteiger partial charge is 0.479 e. The number of aliphatic imine (C=N–C) groups is 2. The van der Waals surface area contributed by atoms with Gasteiger partial charge in [-0.1, -0.05) is 13.8 Å². The molecule has 0 N–H and O–H groups in total. The fourth-order valence-corrected chi connectivity index (χ4v) is 2.05. The van der Waals surface area contributed by atoms with E-state index < -0.39 is 0 Å². The van der Waals surface area contributed by atoms with E-state index in [2.05, 4.69) is 30.8 Å². The minimum absolute atomic E-state index is 0.247. The molecule has 0 aliphatic carbocycles. The van der Waals surface area contributed by atoms with Gasteiger partial charge in [0.05, 0.1) is 12.6 Å². The summed E-state index contributed by atoms with van der Waals surface area (Å²) in [5.74, 6) is 2.19. The van der Waals surface area contributed by atoms with Gasteiger partial charge in [-0.25, -0.2) is 4.99 Å². The molecule has 0 bridgehead atoms. The van der Waals surface area contributed by atoms with Crippen LogP contribution >= 0.6 is 0 Å². The normalized spacial score (nSPS) is 29.4. The first-order valence-electron chi connectivity index (χ1n) is 6.59. The van der Waals surface area contributed by atoms with Crippen LogP contribution in [-0.2, 0) is 9.47 Å². The van der Waals surface area contributed by atoms with Crippen molar-refractivity contribution in [3.8, 4) is 0 Å². The first-order chi connectivity index (χ1) is 8.19. The van der Waals surface area contributed by atoms with Crippen molar-refractivity contribution in [1.29, 1.82) is 0 Å². The Kier molecular flexibility index (Phi) is 4.02. The smallest absolute Gasteiger partial charge is 0.186 e. The quantitative estimate of drug-likeness (QED) is 0.738. The van der Waals surface area contributed by atoms with Gasteiger partial charge in [-0.2, -0.15) is 0 Å². The van der Waals surface area contributed by atoms with Gasteiger partial charge >= 0.3 is 0 Å². The van der Waals surface area contributed by atoms with Gasteiger partial charge in [0.2, 0.25) is 0 Å². The van der Waals surface area contributed by atoms with E-state index in [1.807, 2.05) is 0 Å². The molecule has 0 saturated carbocycles. The van der Waals surface area contributed by atoms with Crippen LogP contribution in [0.2, 0.25) is 0 Å². The number of rotatable bonds is 5. The molecule has 2 aliphatic heterocycles. The van der Waals surface area contributed by atoms with Gasteiger partial charge in [0.1, 0.15) is 12.7 Å². The highest BCUT2D eigenvalue weighted by atomic mass is 16.5. The highest BCUT2D eigenvalue weighted by Crippen LogP contribution is 2.18. The molecule has 0 radical (unpaired) electrons. The monoisotopic (exact) mass is 238 g/mol. The number of hydrogen-bond acceptors (Lipinski definition) is 4. The van der Waals surface area contributed by atoms with Gasteiger partial charge in [-0.05, 0) is 19.8 Å². The first kappa shape index (κ1) is 12.4. The van der Waals surface area contributed by atoms with Gasteiger partial charge in [-0.15, -0.1) is 0 Å². The van der Waals surface area contributed by atoms with Crippen molar-refractivity contribution in [2.24, 2.45) is 15.9 Å². The van der Waals surface area contributed by atoms with Crippen LogP contribution in [0.15, 0.2) is 9.98 Å². The first-order valence-corrected chi connectivity index (χ1v) is 6.59. The standard InChI is InChI=1S/C13H22N2O2/c1-4-11-8-16-12(15-11)6-5-9(2)13-14-7-10(3)17-13/h9-11H,4-8H2,1-3H3. The van der Waals surface area contributed by atoms with Gasteiger partial charge < -0.3 is 9.47 Å². The SMILES string of the molecule is CCC1COC(CCC(C)C2=NCC(C)O2)=N1. The lowest BCUT2D eigenvalue weighted by atomic mass is 10.1. The Labute approximate surface area is 103 Å². The summed E-state index contributed by atoms with van der Waals surface area (Å²) in [6.45, 7) is 7.91. The Balaban J connectivity index is 1.75. The molecule has 0 amide bonds. The molecular formula is C13H22N2O2. The Bertz CT molecular complexity index is 325. The van der Waals surface area contributed by atoms with Crippen molar-refractivity contribution in [1.82, 2.24) is 0 Å². The molecule has 2 aliphatic rings. The average Bonchev–Trinajstić information content (AvgIpc) is 2.94. The van der Waals surface area contributed by atoms with Crippen molar-refractivity contribution in [3.05, 3.63) is 0 Å². The number of hydrogen-bond donors (Lipinski definition) is 0. The van der Waals surface area contributed by atoms with E-state index in [9.17, 15) is 0 Å². The molecule has 2 rings (SSSR count). The van der Waals surface area contributed by atoms with Crippen molar-refractivity contribution in [2.45, 2.75) is 52.2 Å². The second-order valence-corrected chi connectivity index (χ2v) is 4.94. The molecule has 0 aromatic rings. The van der Waals surface area contributed by atoms with Crippen molar-refractivity contribution in [2.75, 3.05) is 13.2 Å². The lowest BCUT2D eigenvalue weighted by molar-refractivity contribution is 0.229. The molecule has 0 saturated heterocycles. The predicted molar refractivity (Wildman–Crippen MR) is 68.7 cm³/mol. The van der Waals surface area contributed by atoms with Crippen LogP contribution in [0.4, 0.5) is 0 Å². The molecule has 0 fully saturated rings. The zero-order valence-electron chi connectivity index (χ0n) is 11.0. The molecule has 4 nitrogen and oxygen atoms in total. The third-order valence-corrected chi connectivity index (χ3v) is 3.28. The van der Waals surface area contributed by atoms with Gasteiger partial charge in [0, 0.05) is 12.3 Å². The number of nitrogens with zero attached hydrogens (tertiary/aromatic N) is 2. The van der Waals surface area contributed by atoms with Gasteiger partial charge in [0.25, 0.3) is 0 Å². The van der Waals surface area contributed by atoms with Crippen LogP contribution in [-0.4, -0.2) is 37.1 Å². The molecule has 0 aromatic carbocycles. The summed E-state index contributed by atoms with van der Waals surface area (Å²) in [5, 5.41) is 0.